The Morgan fingerprint density at radius 3 is 2.48 bits per heavy atom. The van der Waals surface area contributed by atoms with Gasteiger partial charge in [0.2, 0.25) is 0 Å². The summed E-state index contributed by atoms with van der Waals surface area (Å²) < 4.78 is 5.17. The molecule has 2 heterocycles. The Kier molecular flexibility index (Phi) is 10.4. The predicted molar refractivity (Wildman–Crippen MR) is 120 cm³/mol. The van der Waals surface area contributed by atoms with Gasteiger partial charge in [-0.15, -0.1) is 35.3 Å². The van der Waals surface area contributed by atoms with Crippen LogP contribution in [0.3, 0.4) is 0 Å². The highest BCUT2D eigenvalue weighted by Crippen LogP contribution is 2.16. The second-order valence-corrected chi connectivity index (χ2v) is 7.25. The molecule has 3 N–H and O–H groups in total. The molecule has 2 rings (SSSR count). The van der Waals surface area contributed by atoms with Crippen LogP contribution in [0.2, 0.25) is 0 Å². The minimum Gasteiger partial charge on any atom is -0.459 e. The first-order valence-electron chi connectivity index (χ1n) is 8.71. The Morgan fingerprint density at radius 2 is 1.89 bits per heavy atom. The number of aromatic nitrogens is 1. The van der Waals surface area contributed by atoms with E-state index in [0.29, 0.717) is 18.8 Å². The fourth-order valence-corrected chi connectivity index (χ4v) is 3.27. The van der Waals surface area contributed by atoms with Crippen molar-refractivity contribution in [3.8, 4) is 0 Å². The predicted octanol–water partition coefficient (Wildman–Crippen LogP) is 2.81. The molecule has 0 aliphatic heterocycles. The zero-order valence-electron chi connectivity index (χ0n) is 16.2. The molecule has 0 aliphatic rings. The number of nitrogens with zero attached hydrogens (tertiary/aromatic N) is 2. The average Bonchev–Trinajstić information content (AvgIpc) is 3.18. The van der Waals surface area contributed by atoms with Gasteiger partial charge in [0.15, 0.2) is 11.7 Å². The van der Waals surface area contributed by atoms with Gasteiger partial charge in [-0.3, -0.25) is 9.79 Å². The minimum atomic E-state index is -0.177. The molecule has 27 heavy (non-hydrogen) atoms. The van der Waals surface area contributed by atoms with Crippen LogP contribution in [0.5, 0.6) is 0 Å². The summed E-state index contributed by atoms with van der Waals surface area (Å²) >= 11 is 1.74. The van der Waals surface area contributed by atoms with Gasteiger partial charge in [0.1, 0.15) is 0 Å². The third-order valence-corrected chi connectivity index (χ3v) is 5.06. The molecule has 0 unspecified atom stereocenters. The molecule has 2 aromatic rings. The number of nitrogens with one attached hydrogen (secondary N) is 3. The molecule has 1 amide bonds. The molecule has 2 aromatic heterocycles. The Bertz CT molecular complexity index is 737. The summed E-state index contributed by atoms with van der Waals surface area (Å²) in [5.74, 6) is 0.954. The van der Waals surface area contributed by atoms with Gasteiger partial charge >= 0.3 is 0 Å². The minimum absolute atomic E-state index is 0. The van der Waals surface area contributed by atoms with Crippen molar-refractivity contribution in [3.63, 3.8) is 0 Å². The molecule has 0 aromatic carbocycles. The van der Waals surface area contributed by atoms with E-state index in [1.165, 1.54) is 11.1 Å². The molecule has 0 atom stereocenters. The molecular formula is C18H28IN5O2S. The van der Waals surface area contributed by atoms with Crippen molar-refractivity contribution in [2.45, 2.75) is 33.6 Å². The maximum Gasteiger partial charge on any atom is 0.287 e. The molecule has 0 spiro atoms. The SMILES string of the molecule is CN=C(NCCCNC(=O)c1occc1C)NCCc1nc(C)c(C)s1.I. The largest absolute Gasteiger partial charge is 0.459 e. The fourth-order valence-electron chi connectivity index (χ4n) is 2.34. The number of thiazole rings is 1. The Labute approximate surface area is 181 Å². The van der Waals surface area contributed by atoms with Crippen LogP contribution in [-0.2, 0) is 6.42 Å². The Hall–Kier alpha value is -1.62. The van der Waals surface area contributed by atoms with Crippen molar-refractivity contribution in [1.82, 2.24) is 20.9 Å². The lowest BCUT2D eigenvalue weighted by atomic mass is 10.2. The number of carbonyl (C=O) groups is 1. The second kappa shape index (κ2) is 12.0. The summed E-state index contributed by atoms with van der Waals surface area (Å²) in [5, 5.41) is 10.5. The highest BCUT2D eigenvalue weighted by molar-refractivity contribution is 14.0. The quantitative estimate of drug-likeness (QED) is 0.222. The van der Waals surface area contributed by atoms with E-state index in [0.717, 1.165) is 41.6 Å². The summed E-state index contributed by atoms with van der Waals surface area (Å²) in [4.78, 5) is 21.9. The Morgan fingerprint density at radius 1 is 1.19 bits per heavy atom. The van der Waals surface area contributed by atoms with Gasteiger partial charge in [0.25, 0.3) is 5.91 Å². The van der Waals surface area contributed by atoms with Crippen molar-refractivity contribution in [1.29, 1.82) is 0 Å². The van der Waals surface area contributed by atoms with Gasteiger partial charge in [-0.25, -0.2) is 4.98 Å². The molecule has 150 valence electrons. The molecule has 9 heteroatoms. The van der Waals surface area contributed by atoms with E-state index in [4.69, 9.17) is 4.42 Å². The van der Waals surface area contributed by atoms with Gasteiger partial charge in [-0.05, 0) is 33.3 Å². The molecule has 0 radical (unpaired) electrons. The number of hydrogen-bond donors (Lipinski definition) is 3. The maximum absolute atomic E-state index is 11.9. The molecule has 0 aliphatic carbocycles. The van der Waals surface area contributed by atoms with Crippen LogP contribution in [0, 0.1) is 20.8 Å². The lowest BCUT2D eigenvalue weighted by Gasteiger charge is -2.11. The number of hydrogen-bond acceptors (Lipinski definition) is 5. The summed E-state index contributed by atoms with van der Waals surface area (Å²) in [6.07, 6.45) is 3.19. The van der Waals surface area contributed by atoms with Crippen LogP contribution in [-0.4, -0.2) is 43.5 Å². The second-order valence-electron chi connectivity index (χ2n) is 5.97. The summed E-state index contributed by atoms with van der Waals surface area (Å²) in [5.41, 5.74) is 1.95. The van der Waals surface area contributed by atoms with Crippen molar-refractivity contribution in [2.75, 3.05) is 26.7 Å². The number of halogens is 1. The standard InChI is InChI=1S/C18H27N5O2S.HI/c1-12-7-11-25-16(12)17(24)20-8-5-9-21-18(19-4)22-10-6-15-23-13(2)14(3)26-15;/h7,11H,5-6,8-10H2,1-4H3,(H,20,24)(H2,19,21,22);1H. The van der Waals surface area contributed by atoms with Crippen LogP contribution in [0.4, 0.5) is 0 Å². The van der Waals surface area contributed by atoms with Crippen molar-refractivity contribution < 1.29 is 9.21 Å². The van der Waals surface area contributed by atoms with Gasteiger partial charge < -0.3 is 20.4 Å². The van der Waals surface area contributed by atoms with E-state index in [-0.39, 0.29) is 29.9 Å². The van der Waals surface area contributed by atoms with E-state index >= 15 is 0 Å². The van der Waals surface area contributed by atoms with Crippen molar-refractivity contribution in [3.05, 3.63) is 39.2 Å². The van der Waals surface area contributed by atoms with Gasteiger partial charge in [0, 0.05) is 43.5 Å². The van der Waals surface area contributed by atoms with E-state index in [1.807, 2.05) is 13.8 Å². The maximum atomic E-state index is 11.9. The van der Waals surface area contributed by atoms with E-state index < -0.39 is 0 Å². The van der Waals surface area contributed by atoms with Crippen LogP contribution >= 0.6 is 35.3 Å². The molecule has 7 nitrogen and oxygen atoms in total. The number of rotatable bonds is 8. The highest BCUT2D eigenvalue weighted by Gasteiger charge is 2.11. The number of guanidine groups is 1. The molecule has 0 fully saturated rings. The normalized spacial score (nSPS) is 11.0. The number of aryl methyl sites for hydroxylation is 3. The fraction of sp³-hybridized carbons (Fsp3) is 0.500. The smallest absolute Gasteiger partial charge is 0.287 e. The third-order valence-electron chi connectivity index (χ3n) is 3.93. The van der Waals surface area contributed by atoms with Crippen LogP contribution < -0.4 is 16.0 Å². The van der Waals surface area contributed by atoms with Crippen LogP contribution in [0.25, 0.3) is 0 Å². The Balaban J connectivity index is 0.00000364. The summed E-state index contributed by atoms with van der Waals surface area (Å²) in [7, 11) is 1.74. The molecule has 0 saturated heterocycles. The van der Waals surface area contributed by atoms with Gasteiger partial charge in [-0.2, -0.15) is 0 Å². The number of carbonyl (C=O) groups excluding carboxylic acids is 1. The first-order chi connectivity index (χ1) is 12.5. The first kappa shape index (κ1) is 23.4. The monoisotopic (exact) mass is 505 g/mol. The third kappa shape index (κ3) is 7.49. The lowest BCUT2D eigenvalue weighted by Crippen LogP contribution is -2.39. The van der Waals surface area contributed by atoms with E-state index in [1.54, 1.807) is 24.5 Å². The van der Waals surface area contributed by atoms with Gasteiger partial charge in [-0.1, -0.05) is 0 Å². The summed E-state index contributed by atoms with van der Waals surface area (Å²) in [6.45, 7) is 8.04. The zero-order chi connectivity index (χ0) is 18.9. The molecule has 0 bridgehead atoms. The van der Waals surface area contributed by atoms with Crippen molar-refractivity contribution in [2.24, 2.45) is 4.99 Å². The number of aliphatic imine (C=N–C) groups is 1. The molecular weight excluding hydrogens is 477 g/mol. The highest BCUT2D eigenvalue weighted by atomic mass is 127. The number of amides is 1. The average molecular weight is 505 g/mol. The molecule has 0 saturated carbocycles. The summed E-state index contributed by atoms with van der Waals surface area (Å²) in [6, 6.07) is 1.78. The van der Waals surface area contributed by atoms with Gasteiger partial charge in [0.05, 0.1) is 17.0 Å². The first-order valence-corrected chi connectivity index (χ1v) is 9.52. The van der Waals surface area contributed by atoms with E-state index in [2.05, 4.69) is 32.9 Å². The number of furan rings is 1. The van der Waals surface area contributed by atoms with Crippen LogP contribution in [0.1, 0.15) is 38.1 Å². The topological polar surface area (TPSA) is 91.5 Å². The van der Waals surface area contributed by atoms with Crippen molar-refractivity contribution >= 4 is 47.2 Å². The zero-order valence-corrected chi connectivity index (χ0v) is 19.4. The van der Waals surface area contributed by atoms with Crippen LogP contribution in [0.15, 0.2) is 21.7 Å². The lowest BCUT2D eigenvalue weighted by molar-refractivity contribution is 0.0925. The van der Waals surface area contributed by atoms with E-state index in [9.17, 15) is 4.79 Å².